The molecule has 0 amide bonds. The molecule has 0 spiro atoms. The van der Waals surface area contributed by atoms with Crippen LogP contribution in [0.3, 0.4) is 0 Å². The number of carbonyl (C=O) groups is 1. The van der Waals surface area contributed by atoms with Gasteiger partial charge < -0.3 is 15.0 Å². The first kappa shape index (κ1) is 15.4. The van der Waals surface area contributed by atoms with Crippen LogP contribution in [0.5, 0.6) is 0 Å². The lowest BCUT2D eigenvalue weighted by Crippen LogP contribution is -2.56. The third kappa shape index (κ3) is 3.22. The lowest BCUT2D eigenvalue weighted by molar-refractivity contribution is -0.148. The molecule has 0 bridgehead atoms. The first-order valence-corrected chi connectivity index (χ1v) is 6.50. The maximum atomic E-state index is 11.8. The van der Waals surface area contributed by atoms with E-state index in [0.29, 0.717) is 18.5 Å². The lowest BCUT2D eigenvalue weighted by Gasteiger charge is -2.31. The van der Waals surface area contributed by atoms with Gasteiger partial charge in [-0.15, -0.1) is 0 Å². The largest absolute Gasteiger partial charge is 0.468 e. The van der Waals surface area contributed by atoms with E-state index in [1.807, 2.05) is 6.92 Å². The van der Waals surface area contributed by atoms with Crippen LogP contribution in [0.25, 0.3) is 0 Å². The highest BCUT2D eigenvalue weighted by Gasteiger charge is 2.39. The van der Waals surface area contributed by atoms with Gasteiger partial charge in [0, 0.05) is 25.7 Å². The molecule has 1 rings (SSSR count). The fourth-order valence-electron chi connectivity index (χ4n) is 2.77. The van der Waals surface area contributed by atoms with Gasteiger partial charge in [-0.3, -0.25) is 9.69 Å². The van der Waals surface area contributed by atoms with Gasteiger partial charge in [0.15, 0.2) is 0 Å². The molecule has 3 unspecified atom stereocenters. The topological polar surface area (TPSA) is 44.8 Å². The molecule has 3 atom stereocenters. The van der Waals surface area contributed by atoms with Gasteiger partial charge in [-0.05, 0) is 34.0 Å². The molecule has 1 N–H and O–H groups in total. The van der Waals surface area contributed by atoms with Crippen LogP contribution in [0.15, 0.2) is 0 Å². The van der Waals surface area contributed by atoms with Crippen molar-refractivity contribution in [3.63, 3.8) is 0 Å². The monoisotopic (exact) mass is 257 g/mol. The zero-order valence-corrected chi connectivity index (χ0v) is 12.5. The summed E-state index contributed by atoms with van der Waals surface area (Å²) in [7, 11) is 7.47. The zero-order valence-electron chi connectivity index (χ0n) is 12.5. The number of carbonyl (C=O) groups excluding carboxylic acids is 1. The Hall–Kier alpha value is -0.650. The van der Waals surface area contributed by atoms with Crippen LogP contribution in [-0.4, -0.2) is 75.2 Å². The molecular weight excluding hydrogens is 230 g/mol. The summed E-state index contributed by atoms with van der Waals surface area (Å²) in [4.78, 5) is 16.4. The van der Waals surface area contributed by atoms with Crippen molar-refractivity contribution in [3.05, 3.63) is 0 Å². The van der Waals surface area contributed by atoms with Gasteiger partial charge in [-0.2, -0.15) is 0 Å². The van der Waals surface area contributed by atoms with Gasteiger partial charge in [0.05, 0.1) is 7.11 Å². The van der Waals surface area contributed by atoms with E-state index >= 15 is 0 Å². The van der Waals surface area contributed by atoms with Gasteiger partial charge >= 0.3 is 5.97 Å². The van der Waals surface area contributed by atoms with E-state index in [9.17, 15) is 4.79 Å². The third-order valence-corrected chi connectivity index (χ3v) is 4.04. The summed E-state index contributed by atoms with van der Waals surface area (Å²) in [5.74, 6) is 0.421. The highest BCUT2D eigenvalue weighted by atomic mass is 16.5. The van der Waals surface area contributed by atoms with Crippen molar-refractivity contribution in [1.29, 1.82) is 0 Å². The molecule has 5 heteroatoms. The summed E-state index contributed by atoms with van der Waals surface area (Å²) in [6, 6.07) is 0.559. The number of hydrogen-bond donors (Lipinski definition) is 1. The fourth-order valence-corrected chi connectivity index (χ4v) is 2.77. The Bertz CT molecular complexity index is 296. The molecule has 0 saturated carbocycles. The predicted molar refractivity (Wildman–Crippen MR) is 72.6 cm³/mol. The molecule has 18 heavy (non-hydrogen) atoms. The second-order valence-corrected chi connectivity index (χ2v) is 5.78. The SMILES string of the molecule is CNC(C)(CN1CC(C)C(N(C)C)C1)C(=O)OC. The van der Waals surface area contributed by atoms with Crippen LogP contribution in [-0.2, 0) is 9.53 Å². The smallest absolute Gasteiger partial charge is 0.327 e. The molecule has 0 aliphatic carbocycles. The van der Waals surface area contributed by atoms with E-state index < -0.39 is 5.54 Å². The Balaban J connectivity index is 2.65. The Morgan fingerprint density at radius 2 is 2.11 bits per heavy atom. The van der Waals surface area contributed by atoms with Crippen molar-refractivity contribution in [1.82, 2.24) is 15.1 Å². The van der Waals surface area contributed by atoms with Crippen LogP contribution in [0.4, 0.5) is 0 Å². The molecule has 0 aromatic rings. The summed E-state index contributed by atoms with van der Waals surface area (Å²) in [5, 5.41) is 3.09. The van der Waals surface area contributed by atoms with Gasteiger partial charge in [-0.25, -0.2) is 0 Å². The summed E-state index contributed by atoms with van der Waals surface area (Å²) < 4.78 is 4.88. The second kappa shape index (κ2) is 5.99. The zero-order chi connectivity index (χ0) is 13.9. The molecule has 0 aromatic heterocycles. The van der Waals surface area contributed by atoms with Crippen LogP contribution < -0.4 is 5.32 Å². The molecule has 1 aliphatic rings. The predicted octanol–water partition coefficient (Wildman–Crippen LogP) is 0.0194. The number of esters is 1. The normalized spacial score (nSPS) is 28.4. The van der Waals surface area contributed by atoms with Crippen molar-refractivity contribution in [2.75, 3.05) is 47.9 Å². The molecule has 1 fully saturated rings. The molecule has 0 aromatic carbocycles. The molecular formula is C13H27N3O2. The number of rotatable bonds is 5. The average molecular weight is 257 g/mol. The van der Waals surface area contributed by atoms with E-state index in [1.165, 1.54) is 7.11 Å². The molecule has 106 valence electrons. The fraction of sp³-hybridized carbons (Fsp3) is 0.923. The maximum Gasteiger partial charge on any atom is 0.327 e. The standard InChI is InChI=1S/C13H27N3O2/c1-10-7-16(8-11(10)15(4)5)9-13(2,14-3)12(17)18-6/h10-11,14H,7-9H2,1-6H3. The molecule has 1 heterocycles. The van der Waals surface area contributed by atoms with Crippen molar-refractivity contribution >= 4 is 5.97 Å². The van der Waals surface area contributed by atoms with Crippen molar-refractivity contribution in [2.24, 2.45) is 5.92 Å². The number of likely N-dealkylation sites (tertiary alicyclic amines) is 1. The lowest BCUT2D eigenvalue weighted by atomic mass is 10.0. The quantitative estimate of drug-likeness (QED) is 0.704. The van der Waals surface area contributed by atoms with Gasteiger partial charge in [0.1, 0.15) is 5.54 Å². The van der Waals surface area contributed by atoms with Crippen molar-refractivity contribution < 1.29 is 9.53 Å². The van der Waals surface area contributed by atoms with Crippen LogP contribution in [0.2, 0.25) is 0 Å². The average Bonchev–Trinajstić information content (AvgIpc) is 2.68. The van der Waals surface area contributed by atoms with E-state index in [4.69, 9.17) is 4.74 Å². The minimum atomic E-state index is -0.629. The summed E-state index contributed by atoms with van der Waals surface area (Å²) in [6.07, 6.45) is 0. The van der Waals surface area contributed by atoms with Crippen LogP contribution in [0.1, 0.15) is 13.8 Å². The van der Waals surface area contributed by atoms with Crippen LogP contribution in [0, 0.1) is 5.92 Å². The Kier molecular flexibility index (Phi) is 5.13. The molecule has 1 saturated heterocycles. The summed E-state index contributed by atoms with van der Waals surface area (Å²) >= 11 is 0. The highest BCUT2D eigenvalue weighted by Crippen LogP contribution is 2.22. The maximum absolute atomic E-state index is 11.8. The van der Waals surface area contributed by atoms with E-state index in [1.54, 1.807) is 7.05 Å². The van der Waals surface area contributed by atoms with Gasteiger partial charge in [0.25, 0.3) is 0 Å². The number of likely N-dealkylation sites (N-methyl/N-ethyl adjacent to an activating group) is 2. The van der Waals surface area contributed by atoms with E-state index in [0.717, 1.165) is 13.1 Å². The first-order chi connectivity index (χ1) is 8.34. The van der Waals surface area contributed by atoms with Crippen molar-refractivity contribution in [3.8, 4) is 0 Å². The Labute approximate surface area is 110 Å². The first-order valence-electron chi connectivity index (χ1n) is 6.50. The summed E-state index contributed by atoms with van der Waals surface area (Å²) in [6.45, 7) is 6.87. The number of nitrogens with zero attached hydrogens (tertiary/aromatic N) is 2. The van der Waals surface area contributed by atoms with E-state index in [2.05, 4.69) is 36.1 Å². The second-order valence-electron chi connectivity index (χ2n) is 5.78. The molecule has 0 radical (unpaired) electrons. The minimum absolute atomic E-state index is 0.203. The number of ether oxygens (including phenoxy) is 1. The number of methoxy groups -OCH3 is 1. The summed E-state index contributed by atoms with van der Waals surface area (Å²) in [5.41, 5.74) is -0.629. The Morgan fingerprint density at radius 1 is 1.50 bits per heavy atom. The van der Waals surface area contributed by atoms with E-state index in [-0.39, 0.29) is 5.97 Å². The Morgan fingerprint density at radius 3 is 2.50 bits per heavy atom. The highest BCUT2D eigenvalue weighted by molar-refractivity contribution is 5.80. The third-order valence-electron chi connectivity index (χ3n) is 4.04. The van der Waals surface area contributed by atoms with Gasteiger partial charge in [-0.1, -0.05) is 6.92 Å². The van der Waals surface area contributed by atoms with Crippen LogP contribution >= 0.6 is 0 Å². The number of hydrogen-bond acceptors (Lipinski definition) is 5. The minimum Gasteiger partial charge on any atom is -0.468 e. The van der Waals surface area contributed by atoms with Crippen molar-refractivity contribution in [2.45, 2.75) is 25.4 Å². The molecule has 5 nitrogen and oxygen atoms in total. The molecule has 1 aliphatic heterocycles. The van der Waals surface area contributed by atoms with Gasteiger partial charge in [0.2, 0.25) is 0 Å². The number of nitrogens with one attached hydrogen (secondary N) is 1.